The fourth-order valence-electron chi connectivity index (χ4n) is 9.04. The Hall–Kier alpha value is -4.63. The molecule has 262 valence electrons. The molecule has 12 nitrogen and oxygen atoms in total. The average molecular weight is 678 g/mol. The average Bonchev–Trinajstić information content (AvgIpc) is 3.51. The summed E-state index contributed by atoms with van der Waals surface area (Å²) in [5.41, 5.74) is 4.34. The van der Waals surface area contributed by atoms with Crippen molar-refractivity contribution in [1.82, 2.24) is 40.6 Å². The van der Waals surface area contributed by atoms with Crippen molar-refractivity contribution in [2.24, 2.45) is 11.8 Å². The van der Waals surface area contributed by atoms with Gasteiger partial charge < -0.3 is 20.0 Å². The van der Waals surface area contributed by atoms with Crippen LogP contribution in [0.3, 0.4) is 0 Å². The van der Waals surface area contributed by atoms with Gasteiger partial charge in [-0.2, -0.15) is 10.5 Å². The van der Waals surface area contributed by atoms with E-state index in [1.54, 1.807) is 38.0 Å². The number of nitrogens with one attached hydrogen (secondary N) is 2. The van der Waals surface area contributed by atoms with E-state index < -0.39 is 5.41 Å². The number of nitrogens with zero attached hydrogens (tertiary/aromatic N) is 7. The van der Waals surface area contributed by atoms with Crippen LogP contribution < -0.4 is 5.32 Å². The van der Waals surface area contributed by atoms with Gasteiger partial charge in [-0.05, 0) is 103 Å². The molecule has 0 spiro atoms. The Kier molecular flexibility index (Phi) is 9.20. The molecule has 4 atom stereocenters. The molecule has 50 heavy (non-hydrogen) atoms. The molecule has 2 N–H and O–H groups in total. The lowest BCUT2D eigenvalue weighted by Crippen LogP contribution is -2.50. The molecule has 0 unspecified atom stereocenters. The van der Waals surface area contributed by atoms with Crippen molar-refractivity contribution in [1.29, 1.82) is 5.26 Å². The fraction of sp³-hybridized carbons (Fsp3) is 0.553. The molecule has 1 saturated heterocycles. The summed E-state index contributed by atoms with van der Waals surface area (Å²) in [6, 6.07) is 14.0. The molecule has 1 aromatic heterocycles. The van der Waals surface area contributed by atoms with Crippen molar-refractivity contribution in [2.45, 2.75) is 87.7 Å². The smallest absolute Gasteiger partial charge is 0.253 e. The van der Waals surface area contributed by atoms with E-state index in [-0.39, 0.29) is 42.4 Å². The van der Waals surface area contributed by atoms with Gasteiger partial charge in [0.25, 0.3) is 11.8 Å². The van der Waals surface area contributed by atoms with Gasteiger partial charge in [0.1, 0.15) is 6.04 Å². The van der Waals surface area contributed by atoms with E-state index in [0.717, 1.165) is 60.8 Å². The third-order valence-corrected chi connectivity index (χ3v) is 11.6. The number of benzene rings is 2. The molecule has 3 aromatic rings. The Labute approximate surface area is 293 Å². The van der Waals surface area contributed by atoms with Crippen LogP contribution in [0.5, 0.6) is 0 Å². The molecule has 2 aromatic carbocycles. The maximum absolute atomic E-state index is 13.8. The van der Waals surface area contributed by atoms with Crippen molar-refractivity contribution >= 4 is 17.7 Å². The Morgan fingerprint density at radius 3 is 2.12 bits per heavy atom. The lowest BCUT2D eigenvalue weighted by molar-refractivity contribution is -0.131. The second-order valence-electron chi connectivity index (χ2n) is 15.1. The summed E-state index contributed by atoms with van der Waals surface area (Å²) in [5, 5.41) is 29.7. The number of carbonyl (C=O) groups excluding carboxylic acids is 3. The molecule has 2 heterocycles. The van der Waals surface area contributed by atoms with E-state index in [0.29, 0.717) is 48.0 Å². The van der Waals surface area contributed by atoms with Crippen molar-refractivity contribution in [3.05, 3.63) is 75.6 Å². The van der Waals surface area contributed by atoms with Crippen LogP contribution in [0.4, 0.5) is 0 Å². The Morgan fingerprint density at radius 2 is 1.58 bits per heavy atom. The van der Waals surface area contributed by atoms with Gasteiger partial charge in [-0.25, -0.2) is 0 Å². The monoisotopic (exact) mass is 677 g/mol. The van der Waals surface area contributed by atoms with Crippen molar-refractivity contribution in [2.75, 3.05) is 34.7 Å². The molecule has 2 saturated carbocycles. The van der Waals surface area contributed by atoms with Crippen LogP contribution >= 0.6 is 0 Å². The summed E-state index contributed by atoms with van der Waals surface area (Å²) in [6.07, 6.45) is 9.12. The SMILES string of the molecule is CN(C)C(=O)c1ccc2c(c1)CCc1cc(C(=O)N(C)C)ccc1C2(C[C@@H](NCC(=O)N1[C@H](C#N)C[C@@H]2C[C@@H]21)C1CCCCC1)c1nn[nH]n1. The van der Waals surface area contributed by atoms with Gasteiger partial charge in [-0.15, -0.1) is 10.2 Å². The Morgan fingerprint density at radius 1 is 0.960 bits per heavy atom. The largest absolute Gasteiger partial charge is 0.345 e. The quantitative estimate of drug-likeness (QED) is 0.350. The van der Waals surface area contributed by atoms with E-state index in [9.17, 15) is 19.6 Å². The molecule has 1 aliphatic heterocycles. The number of hydrogen-bond acceptors (Lipinski definition) is 8. The third kappa shape index (κ3) is 6.06. The molecule has 0 radical (unpaired) electrons. The summed E-state index contributed by atoms with van der Waals surface area (Å²) in [5.74, 6) is 1.10. The second-order valence-corrected chi connectivity index (χ2v) is 15.1. The molecule has 3 amide bonds. The molecular formula is C38H47N9O3. The summed E-state index contributed by atoms with van der Waals surface area (Å²) in [7, 11) is 7.01. The minimum absolute atomic E-state index is 0.0173. The summed E-state index contributed by atoms with van der Waals surface area (Å²) < 4.78 is 0. The van der Waals surface area contributed by atoms with Crippen LogP contribution in [0, 0.1) is 23.2 Å². The number of likely N-dealkylation sites (tertiary alicyclic amines) is 1. The van der Waals surface area contributed by atoms with Gasteiger partial charge in [0, 0.05) is 51.4 Å². The molecule has 3 aliphatic carbocycles. The number of H-pyrrole nitrogens is 1. The first kappa shape index (κ1) is 33.8. The zero-order valence-electron chi connectivity index (χ0n) is 29.5. The normalized spacial score (nSPS) is 22.7. The summed E-state index contributed by atoms with van der Waals surface area (Å²) >= 11 is 0. The Bertz CT molecular complexity index is 1740. The van der Waals surface area contributed by atoms with Crippen LogP contribution in [-0.2, 0) is 23.1 Å². The highest BCUT2D eigenvalue weighted by atomic mass is 16.2. The van der Waals surface area contributed by atoms with Crippen LogP contribution in [0.15, 0.2) is 36.4 Å². The van der Waals surface area contributed by atoms with Crippen LogP contribution in [0.1, 0.15) is 100 Å². The number of rotatable bonds is 9. The van der Waals surface area contributed by atoms with E-state index in [1.165, 1.54) is 6.42 Å². The highest BCUT2D eigenvalue weighted by Crippen LogP contribution is 2.49. The van der Waals surface area contributed by atoms with Crippen LogP contribution in [0.25, 0.3) is 0 Å². The molecule has 12 heteroatoms. The lowest BCUT2D eigenvalue weighted by Gasteiger charge is -2.41. The van der Waals surface area contributed by atoms with Crippen LogP contribution in [0.2, 0.25) is 0 Å². The van der Waals surface area contributed by atoms with Gasteiger partial charge in [-0.1, -0.05) is 36.6 Å². The highest BCUT2D eigenvalue weighted by molar-refractivity contribution is 5.95. The topological polar surface area (TPSA) is 151 Å². The first-order chi connectivity index (χ1) is 24.1. The Balaban J connectivity index is 1.36. The number of fused-ring (bicyclic) bond motifs is 3. The number of aromatic amines is 1. The maximum atomic E-state index is 13.8. The number of hydrogen-bond donors (Lipinski definition) is 2. The van der Waals surface area contributed by atoms with Crippen LogP contribution in [-0.4, -0.2) is 106 Å². The molecule has 7 rings (SSSR count). The lowest BCUT2D eigenvalue weighted by atomic mass is 9.65. The minimum atomic E-state index is -0.907. The predicted molar refractivity (Wildman–Crippen MR) is 186 cm³/mol. The van der Waals surface area contributed by atoms with Gasteiger partial charge in [0.15, 0.2) is 5.82 Å². The summed E-state index contributed by atoms with van der Waals surface area (Å²) in [6.45, 7) is 0.150. The number of tetrazole rings is 1. The van der Waals surface area contributed by atoms with Gasteiger partial charge >= 0.3 is 0 Å². The number of piperidine rings is 1. The number of carbonyl (C=O) groups is 3. The molecule has 0 bridgehead atoms. The maximum Gasteiger partial charge on any atom is 0.253 e. The zero-order valence-corrected chi connectivity index (χ0v) is 29.5. The molecular weight excluding hydrogens is 630 g/mol. The van der Waals surface area contributed by atoms with Crippen molar-refractivity contribution in [3.63, 3.8) is 0 Å². The minimum Gasteiger partial charge on any atom is -0.345 e. The summed E-state index contributed by atoms with van der Waals surface area (Å²) in [4.78, 5) is 45.2. The standard InChI is InChI=1S/C38H47N9O3/c1-45(2)35(49)26-12-14-30-24(16-26)10-11-25-17-27(36(50)46(3)4)13-15-31(25)38(30,37-41-43-44-42-37)20-32(23-8-6-5-7-9-23)40-22-34(48)47-29(21-39)18-28-19-33(28)47/h12-17,23,28-29,32-33,40H,5-11,18-20,22H2,1-4H3,(H,41,42,43,44)/t28-,29+,32-,33+/m1/s1. The second kappa shape index (κ2) is 13.6. The van der Waals surface area contributed by atoms with Crippen molar-refractivity contribution in [3.8, 4) is 6.07 Å². The number of aromatic nitrogens is 4. The number of nitriles is 1. The van der Waals surface area contributed by atoms with E-state index in [4.69, 9.17) is 0 Å². The number of amides is 3. The highest BCUT2D eigenvalue weighted by Gasteiger charge is 2.54. The van der Waals surface area contributed by atoms with E-state index in [2.05, 4.69) is 44.1 Å². The van der Waals surface area contributed by atoms with Gasteiger partial charge in [-0.3, -0.25) is 14.4 Å². The zero-order chi connectivity index (χ0) is 35.2. The first-order valence-corrected chi connectivity index (χ1v) is 18.0. The molecule has 3 fully saturated rings. The predicted octanol–water partition coefficient (Wildman–Crippen LogP) is 3.48. The third-order valence-electron chi connectivity index (χ3n) is 11.6. The number of aryl methyl sites for hydroxylation is 2. The van der Waals surface area contributed by atoms with Gasteiger partial charge in [0.2, 0.25) is 5.91 Å². The van der Waals surface area contributed by atoms with E-state index in [1.807, 2.05) is 29.2 Å². The van der Waals surface area contributed by atoms with Gasteiger partial charge in [0.05, 0.1) is 18.0 Å². The molecule has 4 aliphatic rings. The van der Waals surface area contributed by atoms with Crippen molar-refractivity contribution < 1.29 is 14.4 Å². The van der Waals surface area contributed by atoms with E-state index >= 15 is 0 Å². The fourth-order valence-corrected chi connectivity index (χ4v) is 9.04. The first-order valence-electron chi connectivity index (χ1n) is 18.0.